The zero-order valence-corrected chi connectivity index (χ0v) is 20.4. The summed E-state index contributed by atoms with van der Waals surface area (Å²) in [5, 5.41) is 0. The Balaban J connectivity index is 1.48. The molecule has 0 aliphatic carbocycles. The van der Waals surface area contributed by atoms with Gasteiger partial charge in [0.15, 0.2) is 9.84 Å². The molecule has 3 aromatic rings. The van der Waals surface area contributed by atoms with E-state index in [-0.39, 0.29) is 17.3 Å². The summed E-state index contributed by atoms with van der Waals surface area (Å²) in [4.78, 5) is 2.95. The van der Waals surface area contributed by atoms with Crippen molar-refractivity contribution in [1.29, 1.82) is 4.78 Å². The first-order chi connectivity index (χ1) is 15.7. The van der Waals surface area contributed by atoms with Crippen LogP contribution in [0.3, 0.4) is 0 Å². The molecule has 33 heavy (non-hydrogen) atoms. The molecule has 6 nitrogen and oxygen atoms in total. The molecule has 8 heteroatoms. The summed E-state index contributed by atoms with van der Waals surface area (Å²) in [5.74, 6) is 0.573. The van der Waals surface area contributed by atoms with Crippen LogP contribution in [0.5, 0.6) is 5.75 Å². The monoisotopic (exact) mass is 484 g/mol. The topological polar surface area (TPSA) is 87.5 Å². The third-order valence-electron chi connectivity index (χ3n) is 5.83. The van der Waals surface area contributed by atoms with Crippen LogP contribution >= 0.6 is 0 Å². The highest BCUT2D eigenvalue weighted by Crippen LogP contribution is 2.29. The zero-order chi connectivity index (χ0) is 23.6. The maximum Gasteiger partial charge on any atom is 0.179 e. The Morgan fingerprint density at radius 3 is 2.09 bits per heavy atom. The van der Waals surface area contributed by atoms with Gasteiger partial charge in [-0.25, -0.2) is 17.4 Å². The van der Waals surface area contributed by atoms with Crippen molar-refractivity contribution in [2.75, 3.05) is 12.0 Å². The van der Waals surface area contributed by atoms with E-state index in [1.807, 2.05) is 18.2 Å². The number of fused-ring (bicyclic) bond motifs is 1. The van der Waals surface area contributed by atoms with Gasteiger partial charge in [-0.3, -0.25) is 4.90 Å². The Morgan fingerprint density at radius 1 is 0.909 bits per heavy atom. The molecule has 1 aliphatic rings. The molecule has 0 saturated heterocycles. The molecule has 174 valence electrons. The average Bonchev–Trinajstić information content (AvgIpc) is 3.20. The van der Waals surface area contributed by atoms with Gasteiger partial charge in [0, 0.05) is 36.5 Å². The first-order valence-corrected chi connectivity index (χ1v) is 14.4. The van der Waals surface area contributed by atoms with Crippen LogP contribution < -0.4 is 4.74 Å². The lowest BCUT2D eigenvalue weighted by molar-refractivity contribution is 0.274. The van der Waals surface area contributed by atoms with Gasteiger partial charge in [-0.15, -0.1) is 0 Å². The SMILES string of the molecule is CC[S@](=N)(=O)c1ccc(COc2ccc(CN3Cc4ccccc4C3)cc2S(C)(=O)=O)cc1. The summed E-state index contributed by atoms with van der Waals surface area (Å²) in [6.07, 6.45) is 1.19. The van der Waals surface area contributed by atoms with E-state index in [2.05, 4.69) is 17.0 Å². The number of nitrogens with one attached hydrogen (secondary N) is 1. The van der Waals surface area contributed by atoms with Gasteiger partial charge in [-0.1, -0.05) is 49.4 Å². The van der Waals surface area contributed by atoms with E-state index >= 15 is 0 Å². The van der Waals surface area contributed by atoms with Crippen molar-refractivity contribution in [2.24, 2.45) is 0 Å². The predicted molar refractivity (Wildman–Crippen MR) is 129 cm³/mol. The average molecular weight is 485 g/mol. The number of hydrogen-bond acceptors (Lipinski definition) is 6. The minimum absolute atomic E-state index is 0.175. The number of nitrogens with zero attached hydrogens (tertiary/aromatic N) is 1. The van der Waals surface area contributed by atoms with Crippen molar-refractivity contribution < 1.29 is 17.4 Å². The lowest BCUT2D eigenvalue weighted by Gasteiger charge is -2.17. The van der Waals surface area contributed by atoms with E-state index in [9.17, 15) is 12.6 Å². The summed E-state index contributed by atoms with van der Waals surface area (Å²) in [5.41, 5.74) is 4.35. The van der Waals surface area contributed by atoms with Gasteiger partial charge < -0.3 is 4.74 Å². The molecule has 0 radical (unpaired) electrons. The van der Waals surface area contributed by atoms with Crippen molar-refractivity contribution >= 4 is 19.6 Å². The summed E-state index contributed by atoms with van der Waals surface area (Å²) >= 11 is 0. The molecule has 3 aromatic carbocycles. The molecule has 1 heterocycles. The number of rotatable bonds is 8. The second-order valence-electron chi connectivity index (χ2n) is 8.36. The zero-order valence-electron chi connectivity index (χ0n) is 18.8. The van der Waals surface area contributed by atoms with Crippen LogP contribution in [-0.2, 0) is 45.8 Å². The third-order valence-corrected chi connectivity index (χ3v) is 8.79. The Morgan fingerprint density at radius 2 is 1.52 bits per heavy atom. The van der Waals surface area contributed by atoms with Crippen LogP contribution in [0.2, 0.25) is 0 Å². The van der Waals surface area contributed by atoms with Crippen molar-refractivity contribution in [1.82, 2.24) is 4.90 Å². The molecule has 0 spiro atoms. The van der Waals surface area contributed by atoms with E-state index in [4.69, 9.17) is 9.52 Å². The fraction of sp³-hybridized carbons (Fsp3) is 0.280. The lowest BCUT2D eigenvalue weighted by Crippen LogP contribution is -2.16. The molecule has 1 N–H and O–H groups in total. The fourth-order valence-corrected chi connectivity index (χ4v) is 5.73. The van der Waals surface area contributed by atoms with Gasteiger partial charge >= 0.3 is 0 Å². The first kappa shape index (κ1) is 23.5. The highest BCUT2D eigenvalue weighted by Gasteiger charge is 2.21. The number of sulfone groups is 1. The van der Waals surface area contributed by atoms with Gasteiger partial charge in [0.1, 0.15) is 17.3 Å². The largest absolute Gasteiger partial charge is 0.488 e. The van der Waals surface area contributed by atoms with Crippen molar-refractivity contribution in [3.63, 3.8) is 0 Å². The van der Waals surface area contributed by atoms with Crippen LogP contribution in [0, 0.1) is 4.78 Å². The van der Waals surface area contributed by atoms with Crippen molar-refractivity contribution in [3.05, 3.63) is 89.0 Å². The molecule has 1 atom stereocenters. The van der Waals surface area contributed by atoms with Crippen LogP contribution in [0.4, 0.5) is 0 Å². The predicted octanol–water partition coefficient (Wildman–Crippen LogP) is 4.61. The van der Waals surface area contributed by atoms with Crippen LogP contribution in [0.15, 0.2) is 76.5 Å². The van der Waals surface area contributed by atoms with Crippen LogP contribution in [0.1, 0.15) is 29.2 Å². The molecule has 4 rings (SSSR count). The van der Waals surface area contributed by atoms with E-state index in [0.717, 1.165) is 24.2 Å². The Bertz CT molecular complexity index is 1340. The quantitative estimate of drug-likeness (QED) is 0.504. The second kappa shape index (κ2) is 9.29. The van der Waals surface area contributed by atoms with Crippen molar-refractivity contribution in [2.45, 2.75) is 43.0 Å². The maximum atomic E-state index is 12.5. The lowest BCUT2D eigenvalue weighted by atomic mass is 10.1. The molecule has 0 saturated carbocycles. The van der Waals surface area contributed by atoms with E-state index < -0.39 is 19.6 Å². The smallest absolute Gasteiger partial charge is 0.179 e. The van der Waals surface area contributed by atoms with E-state index in [1.54, 1.807) is 43.3 Å². The van der Waals surface area contributed by atoms with Gasteiger partial charge in [0.2, 0.25) is 0 Å². The number of benzene rings is 3. The fourth-order valence-electron chi connectivity index (χ4n) is 3.97. The summed E-state index contributed by atoms with van der Waals surface area (Å²) in [7, 11) is -6.25. The minimum Gasteiger partial charge on any atom is -0.488 e. The number of ether oxygens (including phenoxy) is 1. The van der Waals surface area contributed by atoms with E-state index in [0.29, 0.717) is 17.2 Å². The molecule has 0 fully saturated rings. The molecule has 0 bridgehead atoms. The summed E-state index contributed by atoms with van der Waals surface area (Å²) in [6.45, 7) is 4.26. The molecular formula is C25H28N2O4S2. The van der Waals surface area contributed by atoms with Gasteiger partial charge in [0.05, 0.1) is 9.73 Å². The molecular weight excluding hydrogens is 456 g/mol. The van der Waals surface area contributed by atoms with Gasteiger partial charge in [0.25, 0.3) is 0 Å². The Hall–Kier alpha value is -2.68. The summed E-state index contributed by atoms with van der Waals surface area (Å²) in [6, 6.07) is 20.5. The second-order valence-corrected chi connectivity index (χ2v) is 12.7. The highest BCUT2D eigenvalue weighted by atomic mass is 32.2. The van der Waals surface area contributed by atoms with Gasteiger partial charge in [-0.05, 0) is 46.5 Å². The minimum atomic E-state index is -3.48. The number of hydrogen-bond donors (Lipinski definition) is 1. The molecule has 0 unspecified atom stereocenters. The van der Waals surface area contributed by atoms with Crippen molar-refractivity contribution in [3.8, 4) is 5.75 Å². The Labute approximate surface area is 196 Å². The molecule has 1 aliphatic heterocycles. The molecule has 0 aromatic heterocycles. The van der Waals surface area contributed by atoms with Gasteiger partial charge in [-0.2, -0.15) is 0 Å². The van der Waals surface area contributed by atoms with Crippen LogP contribution in [-0.4, -0.2) is 29.5 Å². The normalized spacial score (nSPS) is 15.7. The Kier molecular flexibility index (Phi) is 6.61. The third kappa shape index (κ3) is 5.46. The van der Waals surface area contributed by atoms with Crippen LogP contribution in [0.25, 0.3) is 0 Å². The summed E-state index contributed by atoms with van der Waals surface area (Å²) < 4.78 is 50.9. The molecule has 0 amide bonds. The first-order valence-electron chi connectivity index (χ1n) is 10.8. The highest BCUT2D eigenvalue weighted by molar-refractivity contribution is 7.92. The standard InChI is InChI=1S/C25H28N2O4S2/c1-3-33(26,30)23-11-8-19(9-12-23)18-31-24-13-10-20(14-25(24)32(2,28)29)15-27-16-21-6-4-5-7-22(21)17-27/h4-14,26H,3,15-18H2,1-2H3/t33-/m0/s1. The maximum absolute atomic E-state index is 12.5. The van der Waals surface area contributed by atoms with E-state index in [1.165, 1.54) is 17.4 Å².